The maximum atomic E-state index is 12.6. The minimum absolute atomic E-state index is 0.149. The van der Waals surface area contributed by atoms with Crippen LogP contribution in [0.5, 0.6) is 5.75 Å². The molecule has 32 heavy (non-hydrogen) atoms. The average molecular weight is 440 g/mol. The van der Waals surface area contributed by atoms with E-state index in [4.69, 9.17) is 9.47 Å². The van der Waals surface area contributed by atoms with Gasteiger partial charge in [-0.1, -0.05) is 42.5 Å². The lowest BCUT2D eigenvalue weighted by molar-refractivity contribution is -0.131. The van der Waals surface area contributed by atoms with Crippen LogP contribution in [0.25, 0.3) is 0 Å². The Hall–Kier alpha value is -3.06. The Bertz CT molecular complexity index is 842. The molecule has 0 atom stereocenters. The molecule has 1 heterocycles. The molecule has 0 radical (unpaired) electrons. The van der Waals surface area contributed by atoms with Crippen molar-refractivity contribution in [1.82, 2.24) is 15.1 Å². The number of rotatable bonds is 9. The molecule has 3 rings (SSSR count). The SMILES string of the molecule is COc1ccc(CN2CCCN(C(=O)CCCNC(=O)OCc3ccccc3)CC2)cc1. The molecule has 0 spiro atoms. The fourth-order valence-corrected chi connectivity index (χ4v) is 3.73. The van der Waals surface area contributed by atoms with Crippen LogP contribution in [0.4, 0.5) is 4.79 Å². The van der Waals surface area contributed by atoms with Crippen molar-refractivity contribution >= 4 is 12.0 Å². The molecule has 0 aliphatic carbocycles. The van der Waals surface area contributed by atoms with Crippen LogP contribution < -0.4 is 10.1 Å². The lowest BCUT2D eigenvalue weighted by Crippen LogP contribution is -2.35. The van der Waals surface area contributed by atoms with E-state index in [1.807, 2.05) is 47.4 Å². The van der Waals surface area contributed by atoms with Crippen LogP contribution in [0.3, 0.4) is 0 Å². The molecule has 0 bridgehead atoms. The molecular weight excluding hydrogens is 406 g/mol. The third-order valence-electron chi connectivity index (χ3n) is 5.56. The van der Waals surface area contributed by atoms with Gasteiger partial charge in [0.25, 0.3) is 0 Å². The quantitative estimate of drug-likeness (QED) is 0.606. The van der Waals surface area contributed by atoms with E-state index in [0.717, 1.165) is 50.5 Å². The molecule has 1 aliphatic heterocycles. The minimum Gasteiger partial charge on any atom is -0.497 e. The number of benzene rings is 2. The van der Waals surface area contributed by atoms with E-state index in [2.05, 4.69) is 22.3 Å². The molecule has 0 saturated carbocycles. The second-order valence-corrected chi connectivity index (χ2v) is 7.95. The number of nitrogens with zero attached hydrogens (tertiary/aromatic N) is 2. The van der Waals surface area contributed by atoms with E-state index in [0.29, 0.717) is 19.4 Å². The van der Waals surface area contributed by atoms with Crippen molar-refractivity contribution in [3.8, 4) is 5.75 Å². The molecule has 0 aromatic heterocycles. The Morgan fingerprint density at radius 3 is 2.47 bits per heavy atom. The summed E-state index contributed by atoms with van der Waals surface area (Å²) in [5, 5.41) is 2.72. The topological polar surface area (TPSA) is 71.1 Å². The molecule has 2 aromatic rings. The van der Waals surface area contributed by atoms with Crippen LogP contribution in [-0.4, -0.2) is 61.6 Å². The van der Waals surface area contributed by atoms with Crippen molar-refractivity contribution < 1.29 is 19.1 Å². The van der Waals surface area contributed by atoms with E-state index < -0.39 is 6.09 Å². The molecule has 7 nitrogen and oxygen atoms in total. The highest BCUT2D eigenvalue weighted by atomic mass is 16.5. The number of hydrogen-bond acceptors (Lipinski definition) is 5. The molecule has 1 aliphatic rings. The summed E-state index contributed by atoms with van der Waals surface area (Å²) in [5.41, 5.74) is 2.19. The Kier molecular flexibility index (Phi) is 9.37. The van der Waals surface area contributed by atoms with Crippen molar-refractivity contribution in [1.29, 1.82) is 0 Å². The van der Waals surface area contributed by atoms with Gasteiger partial charge < -0.3 is 19.7 Å². The van der Waals surface area contributed by atoms with Crippen molar-refractivity contribution in [3.05, 3.63) is 65.7 Å². The highest BCUT2D eigenvalue weighted by Gasteiger charge is 2.19. The van der Waals surface area contributed by atoms with Gasteiger partial charge in [0, 0.05) is 45.7 Å². The zero-order valence-electron chi connectivity index (χ0n) is 18.8. The van der Waals surface area contributed by atoms with Crippen LogP contribution in [0.2, 0.25) is 0 Å². The monoisotopic (exact) mass is 439 g/mol. The third kappa shape index (κ3) is 7.89. The summed E-state index contributed by atoms with van der Waals surface area (Å²) >= 11 is 0. The summed E-state index contributed by atoms with van der Waals surface area (Å²) in [7, 11) is 1.67. The molecule has 0 unspecified atom stereocenters. The van der Waals surface area contributed by atoms with Gasteiger partial charge in [-0.3, -0.25) is 9.69 Å². The molecule has 2 amide bonds. The Balaban J connectivity index is 1.31. The molecule has 1 saturated heterocycles. The number of carbonyl (C=O) groups is 2. The van der Waals surface area contributed by atoms with E-state index in [1.165, 1.54) is 5.56 Å². The van der Waals surface area contributed by atoms with Gasteiger partial charge in [-0.15, -0.1) is 0 Å². The zero-order chi connectivity index (χ0) is 22.6. The Morgan fingerprint density at radius 2 is 1.72 bits per heavy atom. The number of carbonyl (C=O) groups excluding carboxylic acids is 2. The van der Waals surface area contributed by atoms with Crippen molar-refractivity contribution in [3.63, 3.8) is 0 Å². The summed E-state index contributed by atoms with van der Waals surface area (Å²) in [6.07, 6.45) is 1.54. The van der Waals surface area contributed by atoms with Gasteiger partial charge in [-0.05, 0) is 36.1 Å². The maximum Gasteiger partial charge on any atom is 0.407 e. The fraction of sp³-hybridized carbons (Fsp3) is 0.440. The molecule has 172 valence electrons. The van der Waals surface area contributed by atoms with Gasteiger partial charge in [0.05, 0.1) is 7.11 Å². The van der Waals surface area contributed by atoms with E-state index in [-0.39, 0.29) is 12.5 Å². The summed E-state index contributed by atoms with van der Waals surface area (Å²) in [4.78, 5) is 28.7. The molecule has 7 heteroatoms. The standard InChI is InChI=1S/C25H33N3O4/c1-31-23-12-10-21(11-13-23)19-27-15-6-16-28(18-17-27)24(29)9-5-14-26-25(30)32-20-22-7-3-2-4-8-22/h2-4,7-8,10-13H,5-6,9,14-20H2,1H3,(H,26,30). The van der Waals surface area contributed by atoms with Gasteiger partial charge in [0.1, 0.15) is 12.4 Å². The Labute approximate surface area is 190 Å². The third-order valence-corrected chi connectivity index (χ3v) is 5.56. The summed E-state index contributed by atoms with van der Waals surface area (Å²) in [6.45, 7) is 4.91. The van der Waals surface area contributed by atoms with Crippen LogP contribution in [0.15, 0.2) is 54.6 Å². The van der Waals surface area contributed by atoms with Crippen LogP contribution in [0.1, 0.15) is 30.4 Å². The van der Waals surface area contributed by atoms with Gasteiger partial charge in [0.2, 0.25) is 5.91 Å². The number of amides is 2. The van der Waals surface area contributed by atoms with Crippen LogP contribution in [-0.2, 0) is 22.7 Å². The molecule has 1 fully saturated rings. The minimum atomic E-state index is -0.453. The number of hydrogen-bond donors (Lipinski definition) is 1. The second kappa shape index (κ2) is 12.7. The van der Waals surface area contributed by atoms with E-state index in [9.17, 15) is 9.59 Å². The summed E-state index contributed by atoms with van der Waals surface area (Å²) in [6, 6.07) is 17.7. The molecule has 2 aromatic carbocycles. The summed E-state index contributed by atoms with van der Waals surface area (Å²) < 4.78 is 10.4. The molecule has 1 N–H and O–H groups in total. The first kappa shape index (κ1) is 23.6. The summed E-state index contributed by atoms with van der Waals surface area (Å²) in [5.74, 6) is 1.01. The average Bonchev–Trinajstić information content (AvgIpc) is 3.07. The number of methoxy groups -OCH3 is 1. The smallest absolute Gasteiger partial charge is 0.407 e. The van der Waals surface area contributed by atoms with Crippen molar-refractivity contribution in [2.45, 2.75) is 32.4 Å². The zero-order valence-corrected chi connectivity index (χ0v) is 18.8. The molecular formula is C25H33N3O4. The van der Waals surface area contributed by atoms with Gasteiger partial charge in [0.15, 0.2) is 0 Å². The van der Waals surface area contributed by atoms with Crippen LogP contribution >= 0.6 is 0 Å². The maximum absolute atomic E-state index is 12.6. The number of nitrogens with one attached hydrogen (secondary N) is 1. The predicted octanol–water partition coefficient (Wildman–Crippen LogP) is 3.44. The fourth-order valence-electron chi connectivity index (χ4n) is 3.73. The first-order valence-corrected chi connectivity index (χ1v) is 11.2. The second-order valence-electron chi connectivity index (χ2n) is 7.95. The highest BCUT2D eigenvalue weighted by molar-refractivity contribution is 5.76. The normalized spacial score (nSPS) is 14.5. The lowest BCUT2D eigenvalue weighted by Gasteiger charge is -2.22. The van der Waals surface area contributed by atoms with Crippen molar-refractivity contribution in [2.24, 2.45) is 0 Å². The van der Waals surface area contributed by atoms with Gasteiger partial charge in [-0.25, -0.2) is 4.79 Å². The first-order valence-electron chi connectivity index (χ1n) is 11.2. The first-order chi connectivity index (χ1) is 15.6. The lowest BCUT2D eigenvalue weighted by atomic mass is 10.2. The number of ether oxygens (including phenoxy) is 2. The van der Waals surface area contributed by atoms with E-state index in [1.54, 1.807) is 7.11 Å². The van der Waals surface area contributed by atoms with Crippen molar-refractivity contribution in [2.75, 3.05) is 39.8 Å². The predicted molar refractivity (Wildman–Crippen MR) is 123 cm³/mol. The highest BCUT2D eigenvalue weighted by Crippen LogP contribution is 2.14. The van der Waals surface area contributed by atoms with E-state index >= 15 is 0 Å². The largest absolute Gasteiger partial charge is 0.497 e. The Morgan fingerprint density at radius 1 is 0.938 bits per heavy atom. The van der Waals surface area contributed by atoms with Gasteiger partial charge >= 0.3 is 6.09 Å². The van der Waals surface area contributed by atoms with Gasteiger partial charge in [-0.2, -0.15) is 0 Å². The van der Waals surface area contributed by atoms with Crippen LogP contribution in [0, 0.1) is 0 Å². The number of alkyl carbamates (subject to hydrolysis) is 1.